The van der Waals surface area contributed by atoms with E-state index in [1.54, 1.807) is 39.8 Å². The van der Waals surface area contributed by atoms with Crippen LogP contribution in [0.25, 0.3) is 0 Å². The van der Waals surface area contributed by atoms with Gasteiger partial charge in [-0.3, -0.25) is 0 Å². The first-order chi connectivity index (χ1) is 8.69. The van der Waals surface area contributed by atoms with E-state index in [9.17, 15) is 9.59 Å². The van der Waals surface area contributed by atoms with Crippen molar-refractivity contribution in [2.75, 3.05) is 0 Å². The standard InChI is InChI=1S/C14H19NO4/c1-9(15-13(18)19-14(2,3)4)10-5-7-11(8-6-10)12(16)17/h5-9H,1-4H3,(H,15,18)(H,16,17)/t9-/m1/s1. The highest BCUT2D eigenvalue weighted by Gasteiger charge is 2.18. The molecule has 5 heteroatoms. The lowest BCUT2D eigenvalue weighted by molar-refractivity contribution is 0.0507. The Kier molecular flexibility index (Phi) is 4.53. The number of rotatable bonds is 3. The number of carbonyl (C=O) groups excluding carboxylic acids is 1. The highest BCUT2D eigenvalue weighted by atomic mass is 16.6. The molecule has 2 N–H and O–H groups in total. The van der Waals surface area contributed by atoms with Gasteiger partial charge >= 0.3 is 12.1 Å². The van der Waals surface area contributed by atoms with Gasteiger partial charge in [-0.15, -0.1) is 0 Å². The molecule has 0 aliphatic carbocycles. The van der Waals surface area contributed by atoms with Gasteiger partial charge in [-0.25, -0.2) is 9.59 Å². The molecular formula is C14H19NO4. The van der Waals surface area contributed by atoms with Crippen molar-refractivity contribution in [1.82, 2.24) is 5.32 Å². The van der Waals surface area contributed by atoms with Crippen molar-refractivity contribution < 1.29 is 19.4 Å². The number of carboxylic acid groups (broad SMARTS) is 1. The van der Waals surface area contributed by atoms with Gasteiger partial charge in [-0.1, -0.05) is 12.1 Å². The minimum atomic E-state index is -0.973. The normalized spacial score (nSPS) is 12.6. The fourth-order valence-electron chi connectivity index (χ4n) is 1.48. The molecule has 19 heavy (non-hydrogen) atoms. The Labute approximate surface area is 112 Å². The molecule has 0 spiro atoms. The van der Waals surface area contributed by atoms with Crippen LogP contribution in [0.2, 0.25) is 0 Å². The molecule has 0 radical (unpaired) electrons. The van der Waals surface area contributed by atoms with Crippen LogP contribution in [0.5, 0.6) is 0 Å². The Hall–Kier alpha value is -2.04. The molecule has 0 saturated heterocycles. The highest BCUT2D eigenvalue weighted by molar-refractivity contribution is 5.87. The molecule has 0 saturated carbocycles. The maximum Gasteiger partial charge on any atom is 0.408 e. The van der Waals surface area contributed by atoms with Crippen molar-refractivity contribution in [3.8, 4) is 0 Å². The number of aromatic carboxylic acids is 1. The summed E-state index contributed by atoms with van der Waals surface area (Å²) in [4.78, 5) is 22.3. The summed E-state index contributed by atoms with van der Waals surface area (Å²) < 4.78 is 5.15. The second kappa shape index (κ2) is 5.73. The predicted molar refractivity (Wildman–Crippen MR) is 71.2 cm³/mol. The largest absolute Gasteiger partial charge is 0.478 e. The molecule has 0 bridgehead atoms. The Bertz CT molecular complexity index is 459. The number of amides is 1. The van der Waals surface area contributed by atoms with E-state index in [-0.39, 0.29) is 11.6 Å². The first-order valence-corrected chi connectivity index (χ1v) is 6.02. The summed E-state index contributed by atoms with van der Waals surface area (Å²) in [6.07, 6.45) is -0.498. The molecule has 1 amide bonds. The molecule has 104 valence electrons. The smallest absolute Gasteiger partial charge is 0.408 e. The topological polar surface area (TPSA) is 75.6 Å². The van der Waals surface area contributed by atoms with Gasteiger partial charge in [-0.2, -0.15) is 0 Å². The van der Waals surface area contributed by atoms with E-state index in [0.717, 1.165) is 5.56 Å². The van der Waals surface area contributed by atoms with Crippen LogP contribution in [-0.4, -0.2) is 22.8 Å². The van der Waals surface area contributed by atoms with Gasteiger partial charge in [-0.05, 0) is 45.4 Å². The third-order valence-corrected chi connectivity index (χ3v) is 2.39. The van der Waals surface area contributed by atoms with Gasteiger partial charge in [0, 0.05) is 0 Å². The molecule has 0 aliphatic rings. The summed E-state index contributed by atoms with van der Waals surface area (Å²) in [5.74, 6) is -0.973. The number of carbonyl (C=O) groups is 2. The van der Waals surface area contributed by atoms with E-state index in [1.165, 1.54) is 12.1 Å². The molecular weight excluding hydrogens is 246 g/mol. The molecule has 0 heterocycles. The van der Waals surface area contributed by atoms with E-state index >= 15 is 0 Å². The lowest BCUT2D eigenvalue weighted by Gasteiger charge is -2.22. The second-order valence-corrected chi connectivity index (χ2v) is 5.30. The van der Waals surface area contributed by atoms with Gasteiger partial charge in [0.25, 0.3) is 0 Å². The Balaban J connectivity index is 2.65. The molecule has 1 aromatic rings. The average molecular weight is 265 g/mol. The van der Waals surface area contributed by atoms with Crippen LogP contribution in [0, 0.1) is 0 Å². The molecule has 1 aromatic carbocycles. The molecule has 0 unspecified atom stereocenters. The maximum absolute atomic E-state index is 11.6. The minimum absolute atomic E-state index is 0.216. The van der Waals surface area contributed by atoms with Crippen LogP contribution in [0.1, 0.15) is 49.7 Å². The van der Waals surface area contributed by atoms with E-state index in [1.807, 2.05) is 0 Å². The summed E-state index contributed by atoms with van der Waals surface area (Å²) in [6, 6.07) is 6.10. The Morgan fingerprint density at radius 3 is 2.16 bits per heavy atom. The quantitative estimate of drug-likeness (QED) is 0.881. The zero-order chi connectivity index (χ0) is 14.6. The van der Waals surface area contributed by atoms with Crippen LogP contribution in [0.4, 0.5) is 4.79 Å². The van der Waals surface area contributed by atoms with Gasteiger partial charge in [0.1, 0.15) is 5.60 Å². The number of hydrogen-bond acceptors (Lipinski definition) is 3. The lowest BCUT2D eigenvalue weighted by Crippen LogP contribution is -2.34. The van der Waals surface area contributed by atoms with Crippen molar-refractivity contribution in [2.45, 2.75) is 39.3 Å². The lowest BCUT2D eigenvalue weighted by atomic mass is 10.1. The molecule has 0 aliphatic heterocycles. The molecule has 1 rings (SSSR count). The number of carboxylic acids is 1. The Morgan fingerprint density at radius 1 is 1.21 bits per heavy atom. The third kappa shape index (κ3) is 4.99. The van der Waals surface area contributed by atoms with Crippen molar-refractivity contribution in [3.63, 3.8) is 0 Å². The van der Waals surface area contributed by atoms with Gasteiger partial charge in [0.15, 0.2) is 0 Å². The summed E-state index contributed by atoms with van der Waals surface area (Å²) in [5, 5.41) is 11.5. The van der Waals surface area contributed by atoms with E-state index in [2.05, 4.69) is 5.32 Å². The van der Waals surface area contributed by atoms with Gasteiger partial charge in [0.05, 0.1) is 11.6 Å². The van der Waals surface area contributed by atoms with Crippen molar-refractivity contribution >= 4 is 12.1 Å². The summed E-state index contributed by atoms with van der Waals surface area (Å²) in [7, 11) is 0. The predicted octanol–water partition coefficient (Wildman–Crippen LogP) is 2.97. The summed E-state index contributed by atoms with van der Waals surface area (Å²) in [5.41, 5.74) is 0.487. The van der Waals surface area contributed by atoms with E-state index in [4.69, 9.17) is 9.84 Å². The van der Waals surface area contributed by atoms with E-state index < -0.39 is 17.7 Å². The summed E-state index contributed by atoms with van der Waals surface area (Å²) in [6.45, 7) is 7.18. The van der Waals surface area contributed by atoms with Crippen LogP contribution in [0.15, 0.2) is 24.3 Å². The number of hydrogen-bond donors (Lipinski definition) is 2. The second-order valence-electron chi connectivity index (χ2n) is 5.30. The number of benzene rings is 1. The first-order valence-electron chi connectivity index (χ1n) is 6.02. The maximum atomic E-state index is 11.6. The van der Waals surface area contributed by atoms with Crippen molar-refractivity contribution in [3.05, 3.63) is 35.4 Å². The number of nitrogens with one attached hydrogen (secondary N) is 1. The molecule has 1 atom stereocenters. The van der Waals surface area contributed by atoms with Crippen molar-refractivity contribution in [1.29, 1.82) is 0 Å². The van der Waals surface area contributed by atoms with Gasteiger partial charge < -0.3 is 15.2 Å². The fourth-order valence-corrected chi connectivity index (χ4v) is 1.48. The van der Waals surface area contributed by atoms with Gasteiger partial charge in [0.2, 0.25) is 0 Å². The third-order valence-electron chi connectivity index (χ3n) is 2.39. The number of ether oxygens (including phenoxy) is 1. The zero-order valence-electron chi connectivity index (χ0n) is 11.6. The summed E-state index contributed by atoms with van der Waals surface area (Å²) >= 11 is 0. The fraction of sp³-hybridized carbons (Fsp3) is 0.429. The minimum Gasteiger partial charge on any atom is -0.478 e. The van der Waals surface area contributed by atoms with Crippen LogP contribution < -0.4 is 5.32 Å². The molecule has 0 aromatic heterocycles. The van der Waals surface area contributed by atoms with Crippen LogP contribution in [-0.2, 0) is 4.74 Å². The highest BCUT2D eigenvalue weighted by Crippen LogP contribution is 2.15. The molecule has 5 nitrogen and oxygen atoms in total. The Morgan fingerprint density at radius 2 is 1.74 bits per heavy atom. The van der Waals surface area contributed by atoms with Crippen molar-refractivity contribution in [2.24, 2.45) is 0 Å². The zero-order valence-corrected chi connectivity index (χ0v) is 11.6. The van der Waals surface area contributed by atoms with Crippen LogP contribution >= 0.6 is 0 Å². The monoisotopic (exact) mass is 265 g/mol. The number of alkyl carbamates (subject to hydrolysis) is 1. The average Bonchev–Trinajstić information content (AvgIpc) is 2.26. The van der Waals surface area contributed by atoms with Crippen LogP contribution in [0.3, 0.4) is 0 Å². The first kappa shape index (κ1) is 15.0. The van der Waals surface area contributed by atoms with E-state index in [0.29, 0.717) is 0 Å². The molecule has 0 fully saturated rings. The SMILES string of the molecule is C[C@@H](NC(=O)OC(C)(C)C)c1ccc(C(=O)O)cc1.